The second-order valence-electron chi connectivity index (χ2n) is 14.8. The third-order valence-electron chi connectivity index (χ3n) is 12.3. The van der Waals surface area contributed by atoms with Crippen LogP contribution in [0.2, 0.25) is 0 Å². The number of amides is 4. The van der Waals surface area contributed by atoms with Gasteiger partial charge < -0.3 is 25.1 Å². The first kappa shape index (κ1) is 26.1. The Morgan fingerprint density at radius 3 is 2.13 bits per heavy atom. The van der Waals surface area contributed by atoms with Crippen molar-refractivity contribution in [3.05, 3.63) is 0 Å². The van der Waals surface area contributed by atoms with Crippen molar-refractivity contribution in [1.82, 2.24) is 20.0 Å². The van der Waals surface area contributed by atoms with Gasteiger partial charge in [-0.25, -0.2) is 4.79 Å². The van der Waals surface area contributed by atoms with Crippen LogP contribution in [0.15, 0.2) is 0 Å². The molecule has 3 aliphatic heterocycles. The van der Waals surface area contributed by atoms with E-state index in [9.17, 15) is 19.5 Å². The largest absolute Gasteiger partial charge is 0.393 e. The number of likely N-dealkylation sites (tertiary alicyclic amines) is 3. The van der Waals surface area contributed by atoms with Crippen molar-refractivity contribution in [3.63, 3.8) is 0 Å². The second kappa shape index (κ2) is 9.92. The molecule has 0 aromatic rings. The van der Waals surface area contributed by atoms with Crippen LogP contribution in [0, 0.1) is 34.5 Å². The molecule has 4 unspecified atom stereocenters. The predicted octanol–water partition coefficient (Wildman–Crippen LogP) is 3.38. The topological polar surface area (TPSA) is 93.2 Å². The maximum Gasteiger partial charge on any atom is 0.320 e. The fourth-order valence-corrected chi connectivity index (χ4v) is 10.2. The van der Waals surface area contributed by atoms with E-state index in [1.807, 2.05) is 9.80 Å². The number of nitrogens with zero attached hydrogens (tertiary/aromatic N) is 3. The molecule has 3 saturated heterocycles. The fraction of sp³-hybridized carbons (Fsp3) is 0.903. The summed E-state index contributed by atoms with van der Waals surface area (Å²) in [6, 6.07) is 0.146. The molecule has 8 heteroatoms. The Morgan fingerprint density at radius 1 is 0.769 bits per heavy atom. The number of carbonyl (C=O) groups is 3. The molecule has 216 valence electrons. The highest BCUT2D eigenvalue weighted by molar-refractivity contribution is 5.84. The van der Waals surface area contributed by atoms with E-state index in [-0.39, 0.29) is 40.8 Å². The van der Waals surface area contributed by atoms with Crippen LogP contribution in [0.3, 0.4) is 0 Å². The standard InChI is InChI=1S/C31H48N4O4/c36-26-23-14-21-15-24(26)18-31(16-21,17-23)28(38)32-25-6-3-10-34(19-25)29(39)33-11-7-30(8-12-33)9-13-35(20-30)27(37)22-4-1-2-5-22/h21-26,36H,1-20H2,(H,32,38)/t21?,23-,24?,25+,26?,31?/m1/s1. The molecule has 8 aliphatic rings. The van der Waals surface area contributed by atoms with Crippen molar-refractivity contribution in [2.24, 2.45) is 34.5 Å². The summed E-state index contributed by atoms with van der Waals surface area (Å²) in [5.41, 5.74) is -0.105. The molecule has 0 radical (unpaired) electrons. The lowest BCUT2D eigenvalue weighted by atomic mass is 9.48. The lowest BCUT2D eigenvalue weighted by Crippen LogP contribution is -2.61. The van der Waals surface area contributed by atoms with Crippen LogP contribution in [-0.4, -0.2) is 89.1 Å². The number of hydrogen-bond acceptors (Lipinski definition) is 4. The number of hydrogen-bond donors (Lipinski definition) is 2. The van der Waals surface area contributed by atoms with E-state index < -0.39 is 0 Å². The lowest BCUT2D eigenvalue weighted by molar-refractivity contribution is -0.164. The molecule has 1 spiro atoms. The van der Waals surface area contributed by atoms with Crippen LogP contribution in [0.1, 0.15) is 89.9 Å². The molecule has 6 atom stereocenters. The zero-order chi connectivity index (χ0) is 26.8. The summed E-state index contributed by atoms with van der Waals surface area (Å²) >= 11 is 0. The van der Waals surface area contributed by atoms with Gasteiger partial charge in [0.15, 0.2) is 0 Å². The summed E-state index contributed by atoms with van der Waals surface area (Å²) in [4.78, 5) is 46.3. The van der Waals surface area contributed by atoms with Gasteiger partial charge in [-0.3, -0.25) is 9.59 Å². The molecule has 4 amide bonds. The maximum absolute atomic E-state index is 13.6. The Kier molecular flexibility index (Phi) is 6.63. The molecule has 2 N–H and O–H groups in total. The van der Waals surface area contributed by atoms with Crippen LogP contribution < -0.4 is 5.32 Å². The summed E-state index contributed by atoms with van der Waals surface area (Å²) in [5.74, 6) is 2.00. The average molecular weight is 541 g/mol. The van der Waals surface area contributed by atoms with Gasteiger partial charge in [0.2, 0.25) is 11.8 Å². The molecule has 0 aromatic heterocycles. The van der Waals surface area contributed by atoms with Gasteiger partial charge in [-0.05, 0) is 100 Å². The Labute approximate surface area is 233 Å². The summed E-state index contributed by atoms with van der Waals surface area (Å²) < 4.78 is 0. The Morgan fingerprint density at radius 2 is 1.44 bits per heavy atom. The first-order chi connectivity index (χ1) is 18.8. The molecule has 8 rings (SSSR count). The van der Waals surface area contributed by atoms with E-state index in [0.29, 0.717) is 30.2 Å². The minimum absolute atomic E-state index is 0.0225. The maximum atomic E-state index is 13.6. The number of carbonyl (C=O) groups excluding carboxylic acids is 3. The SMILES string of the molecule is O=C(C1CCCC1)N1CCC2(CCN(C(=O)N3CCC[C@H](NC(=O)C45CC6CC(C4)C(O)[C@H](C6)C5)C3)CC2)C1. The van der Waals surface area contributed by atoms with E-state index in [2.05, 4.69) is 10.2 Å². The van der Waals surface area contributed by atoms with Crippen molar-refractivity contribution in [3.8, 4) is 0 Å². The lowest BCUT2D eigenvalue weighted by Gasteiger charge is -2.58. The van der Waals surface area contributed by atoms with Crippen molar-refractivity contribution in [2.75, 3.05) is 39.3 Å². The van der Waals surface area contributed by atoms with Crippen molar-refractivity contribution in [1.29, 1.82) is 0 Å². The number of aliphatic hydroxyl groups is 1. The fourth-order valence-electron chi connectivity index (χ4n) is 10.2. The molecular weight excluding hydrogens is 492 g/mol. The number of nitrogens with one attached hydrogen (secondary N) is 1. The van der Waals surface area contributed by atoms with Gasteiger partial charge in [0.25, 0.3) is 0 Å². The van der Waals surface area contributed by atoms with Crippen molar-refractivity contribution in [2.45, 2.75) is 102 Å². The molecule has 8 nitrogen and oxygen atoms in total. The van der Waals surface area contributed by atoms with Crippen molar-refractivity contribution < 1.29 is 19.5 Å². The van der Waals surface area contributed by atoms with E-state index in [1.54, 1.807) is 0 Å². The third kappa shape index (κ3) is 4.66. The van der Waals surface area contributed by atoms with Gasteiger partial charge in [0.1, 0.15) is 0 Å². The summed E-state index contributed by atoms with van der Waals surface area (Å²) in [7, 11) is 0. The van der Waals surface area contributed by atoms with Crippen molar-refractivity contribution >= 4 is 17.8 Å². The first-order valence-corrected chi connectivity index (χ1v) is 16.1. The Bertz CT molecular complexity index is 971. The van der Waals surface area contributed by atoms with E-state index in [1.165, 1.54) is 12.8 Å². The van der Waals surface area contributed by atoms with Gasteiger partial charge in [0.05, 0.1) is 11.5 Å². The van der Waals surface area contributed by atoms with Crippen LogP contribution >= 0.6 is 0 Å². The van der Waals surface area contributed by atoms with Gasteiger partial charge in [0, 0.05) is 51.2 Å². The highest BCUT2D eigenvalue weighted by atomic mass is 16.3. The predicted molar refractivity (Wildman–Crippen MR) is 147 cm³/mol. The summed E-state index contributed by atoms with van der Waals surface area (Å²) in [5, 5.41) is 14.0. The molecular formula is C31H48N4O4. The zero-order valence-electron chi connectivity index (χ0n) is 23.6. The monoisotopic (exact) mass is 540 g/mol. The van der Waals surface area contributed by atoms with Gasteiger partial charge in [-0.1, -0.05) is 12.8 Å². The Hall–Kier alpha value is -1.83. The number of aliphatic hydroxyl groups excluding tert-OH is 1. The van der Waals surface area contributed by atoms with E-state index in [0.717, 1.165) is 110 Å². The normalized spacial score (nSPS) is 39.5. The number of urea groups is 1. The zero-order valence-corrected chi connectivity index (χ0v) is 23.6. The van der Waals surface area contributed by atoms with Crippen LogP contribution in [0.4, 0.5) is 4.79 Å². The highest BCUT2D eigenvalue weighted by Crippen LogP contribution is 2.60. The summed E-state index contributed by atoms with van der Waals surface area (Å²) in [6.07, 6.45) is 14.0. The smallest absolute Gasteiger partial charge is 0.320 e. The minimum atomic E-state index is -0.294. The van der Waals surface area contributed by atoms with E-state index in [4.69, 9.17) is 0 Å². The molecule has 39 heavy (non-hydrogen) atoms. The minimum Gasteiger partial charge on any atom is -0.393 e. The third-order valence-corrected chi connectivity index (χ3v) is 12.3. The van der Waals surface area contributed by atoms with Gasteiger partial charge >= 0.3 is 6.03 Å². The number of rotatable bonds is 3. The molecule has 5 aliphatic carbocycles. The quantitative estimate of drug-likeness (QED) is 0.574. The molecule has 0 aromatic carbocycles. The van der Waals surface area contributed by atoms with E-state index >= 15 is 0 Å². The van der Waals surface area contributed by atoms with Crippen LogP contribution in [0.5, 0.6) is 0 Å². The molecule has 8 fully saturated rings. The van der Waals surface area contributed by atoms with Gasteiger partial charge in [-0.15, -0.1) is 0 Å². The summed E-state index contributed by atoms with van der Waals surface area (Å²) in [6.45, 7) is 4.68. The first-order valence-electron chi connectivity index (χ1n) is 16.1. The number of piperidine rings is 2. The highest BCUT2D eigenvalue weighted by Gasteiger charge is 2.58. The molecule has 3 heterocycles. The van der Waals surface area contributed by atoms with Crippen LogP contribution in [-0.2, 0) is 9.59 Å². The average Bonchev–Trinajstić information content (AvgIpc) is 3.62. The molecule has 5 saturated carbocycles. The molecule has 4 bridgehead atoms. The second-order valence-corrected chi connectivity index (χ2v) is 14.8. The van der Waals surface area contributed by atoms with Crippen LogP contribution in [0.25, 0.3) is 0 Å². The van der Waals surface area contributed by atoms with Gasteiger partial charge in [-0.2, -0.15) is 0 Å². The Balaban J connectivity index is 0.912.